The minimum Gasteiger partial charge on any atom is -0.332 e. The van der Waals surface area contributed by atoms with Gasteiger partial charge in [0.2, 0.25) is 0 Å². The van der Waals surface area contributed by atoms with E-state index >= 15 is 0 Å². The van der Waals surface area contributed by atoms with Gasteiger partial charge in [0.15, 0.2) is 0 Å². The molecule has 2 rings (SSSR count). The second kappa shape index (κ2) is 4.88. The summed E-state index contributed by atoms with van der Waals surface area (Å²) in [6.45, 7) is 0.682. The Labute approximate surface area is 101 Å². The number of aryl methyl sites for hydroxylation is 2. The number of hydrogen-bond donors (Lipinski definition) is 0. The molecule has 0 heterocycles. The summed E-state index contributed by atoms with van der Waals surface area (Å²) in [6.07, 6.45) is 4.57. The molecule has 86 valence electrons. The Morgan fingerprint density at radius 2 is 2.12 bits per heavy atom. The fraction of sp³-hybridized carbons (Fsp3) is 0.462. The number of likely N-dealkylation sites (N-methyl/N-ethyl adjacent to an activating group) is 1. The molecule has 16 heavy (non-hydrogen) atoms. The van der Waals surface area contributed by atoms with Crippen LogP contribution >= 0.6 is 11.6 Å². The van der Waals surface area contributed by atoms with E-state index in [1.807, 2.05) is 0 Å². The van der Waals surface area contributed by atoms with Crippen molar-refractivity contribution in [3.63, 3.8) is 0 Å². The minimum absolute atomic E-state index is 0.388. The maximum Gasteiger partial charge on any atom is 0.316 e. The van der Waals surface area contributed by atoms with Gasteiger partial charge >= 0.3 is 5.37 Å². The number of halogens is 1. The standard InChI is InChI=1S/C13H16ClNO/c1-15(13(14)16)8-7-10-5-6-11-3-2-4-12(11)9-10/h5-6,9H,2-4,7-8H2,1H3. The van der Waals surface area contributed by atoms with Crippen LogP contribution in [-0.2, 0) is 19.3 Å². The predicted molar refractivity (Wildman–Crippen MR) is 66.1 cm³/mol. The zero-order valence-electron chi connectivity index (χ0n) is 9.50. The summed E-state index contributed by atoms with van der Waals surface area (Å²) >= 11 is 5.38. The Kier molecular flexibility index (Phi) is 3.49. The number of benzene rings is 1. The molecule has 0 aliphatic heterocycles. The Balaban J connectivity index is 1.98. The quantitative estimate of drug-likeness (QED) is 0.585. The average Bonchev–Trinajstić information content (AvgIpc) is 2.72. The van der Waals surface area contributed by atoms with Crippen molar-refractivity contribution in [1.82, 2.24) is 4.90 Å². The lowest BCUT2D eigenvalue weighted by molar-refractivity contribution is 0.232. The molecule has 1 aromatic carbocycles. The van der Waals surface area contributed by atoms with Gasteiger partial charge in [-0.2, -0.15) is 0 Å². The fourth-order valence-electron chi connectivity index (χ4n) is 2.17. The molecular weight excluding hydrogens is 222 g/mol. The van der Waals surface area contributed by atoms with Crippen molar-refractivity contribution in [2.24, 2.45) is 0 Å². The topological polar surface area (TPSA) is 20.3 Å². The molecule has 0 aromatic heterocycles. The molecule has 0 N–H and O–H groups in total. The molecule has 1 aromatic rings. The first-order chi connectivity index (χ1) is 7.66. The van der Waals surface area contributed by atoms with Crippen LogP contribution in [0, 0.1) is 0 Å². The summed E-state index contributed by atoms with van der Waals surface area (Å²) in [7, 11) is 1.72. The van der Waals surface area contributed by atoms with Crippen molar-refractivity contribution in [3.8, 4) is 0 Å². The maximum atomic E-state index is 10.8. The van der Waals surface area contributed by atoms with E-state index in [0.717, 1.165) is 6.42 Å². The first-order valence-electron chi connectivity index (χ1n) is 5.68. The molecule has 0 saturated carbocycles. The largest absolute Gasteiger partial charge is 0.332 e. The number of hydrogen-bond acceptors (Lipinski definition) is 1. The van der Waals surface area contributed by atoms with Gasteiger partial charge in [-0.3, -0.25) is 4.79 Å². The number of fused-ring (bicyclic) bond motifs is 1. The van der Waals surface area contributed by atoms with E-state index in [9.17, 15) is 4.79 Å². The molecule has 0 radical (unpaired) electrons. The lowest BCUT2D eigenvalue weighted by atomic mass is 10.0. The van der Waals surface area contributed by atoms with Gasteiger partial charge in [0.25, 0.3) is 0 Å². The Morgan fingerprint density at radius 3 is 2.88 bits per heavy atom. The SMILES string of the molecule is CN(CCc1ccc2c(c1)CCC2)C(=O)Cl. The zero-order chi connectivity index (χ0) is 11.5. The second-order valence-corrected chi connectivity index (χ2v) is 4.70. The van der Waals surface area contributed by atoms with Crippen LogP contribution in [0.5, 0.6) is 0 Å². The van der Waals surface area contributed by atoms with Crippen molar-refractivity contribution in [2.45, 2.75) is 25.7 Å². The Hall–Kier alpha value is -1.02. The van der Waals surface area contributed by atoms with Gasteiger partial charge < -0.3 is 4.90 Å². The molecule has 0 fully saturated rings. The molecule has 0 saturated heterocycles. The molecule has 0 unspecified atom stereocenters. The number of amides is 1. The van der Waals surface area contributed by atoms with E-state index in [1.54, 1.807) is 7.05 Å². The molecule has 2 nitrogen and oxygen atoms in total. The van der Waals surface area contributed by atoms with Gasteiger partial charge in [-0.25, -0.2) is 0 Å². The predicted octanol–water partition coefficient (Wildman–Crippen LogP) is 3.01. The first kappa shape index (κ1) is 11.5. The van der Waals surface area contributed by atoms with Gasteiger partial charge in [-0.1, -0.05) is 18.2 Å². The summed E-state index contributed by atoms with van der Waals surface area (Å²) in [6, 6.07) is 6.66. The smallest absolute Gasteiger partial charge is 0.316 e. The van der Waals surface area contributed by atoms with Crippen LogP contribution < -0.4 is 0 Å². The van der Waals surface area contributed by atoms with Gasteiger partial charge in [0.05, 0.1) is 0 Å². The van der Waals surface area contributed by atoms with Crippen LogP contribution in [0.25, 0.3) is 0 Å². The van der Waals surface area contributed by atoms with Crippen molar-refractivity contribution < 1.29 is 4.79 Å². The summed E-state index contributed by atoms with van der Waals surface area (Å²) in [5.41, 5.74) is 4.27. The summed E-state index contributed by atoms with van der Waals surface area (Å²) in [5.74, 6) is 0. The molecule has 1 aliphatic rings. The maximum absolute atomic E-state index is 10.8. The number of carbonyl (C=O) groups is 1. The number of rotatable bonds is 3. The highest BCUT2D eigenvalue weighted by Gasteiger charge is 2.11. The van der Waals surface area contributed by atoms with Gasteiger partial charge in [-0.05, 0) is 54.0 Å². The normalized spacial score (nSPS) is 13.6. The average molecular weight is 238 g/mol. The lowest BCUT2D eigenvalue weighted by Crippen LogP contribution is -2.23. The fourth-order valence-corrected chi connectivity index (χ4v) is 2.25. The van der Waals surface area contributed by atoms with Crippen LogP contribution in [0.4, 0.5) is 4.79 Å². The van der Waals surface area contributed by atoms with Crippen molar-refractivity contribution >= 4 is 17.0 Å². The van der Waals surface area contributed by atoms with Crippen LogP contribution in [0.15, 0.2) is 18.2 Å². The highest BCUT2D eigenvalue weighted by atomic mass is 35.5. The molecule has 0 spiro atoms. The van der Waals surface area contributed by atoms with Crippen molar-refractivity contribution in [2.75, 3.05) is 13.6 Å². The monoisotopic (exact) mass is 237 g/mol. The Morgan fingerprint density at radius 1 is 1.38 bits per heavy atom. The van der Waals surface area contributed by atoms with Crippen LogP contribution in [-0.4, -0.2) is 23.9 Å². The first-order valence-corrected chi connectivity index (χ1v) is 6.06. The summed E-state index contributed by atoms with van der Waals surface area (Å²) < 4.78 is 0. The van der Waals surface area contributed by atoms with E-state index in [2.05, 4.69) is 18.2 Å². The Bertz CT molecular complexity index is 403. The van der Waals surface area contributed by atoms with E-state index in [1.165, 1.54) is 40.9 Å². The van der Waals surface area contributed by atoms with E-state index in [0.29, 0.717) is 6.54 Å². The zero-order valence-corrected chi connectivity index (χ0v) is 10.3. The molecular formula is C13H16ClNO. The third-order valence-electron chi connectivity index (χ3n) is 3.20. The summed E-state index contributed by atoms with van der Waals surface area (Å²) in [4.78, 5) is 12.4. The van der Waals surface area contributed by atoms with Crippen LogP contribution in [0.2, 0.25) is 0 Å². The molecule has 1 amide bonds. The van der Waals surface area contributed by atoms with Crippen LogP contribution in [0.1, 0.15) is 23.1 Å². The van der Waals surface area contributed by atoms with Gasteiger partial charge in [0.1, 0.15) is 0 Å². The molecule has 3 heteroatoms. The lowest BCUT2D eigenvalue weighted by Gasteiger charge is -2.13. The third kappa shape index (κ3) is 2.56. The van der Waals surface area contributed by atoms with E-state index < -0.39 is 0 Å². The van der Waals surface area contributed by atoms with Crippen molar-refractivity contribution in [3.05, 3.63) is 34.9 Å². The van der Waals surface area contributed by atoms with Gasteiger partial charge in [0, 0.05) is 13.6 Å². The minimum atomic E-state index is -0.388. The third-order valence-corrected chi connectivity index (χ3v) is 3.49. The highest BCUT2D eigenvalue weighted by Crippen LogP contribution is 2.23. The molecule has 0 atom stereocenters. The number of nitrogens with zero attached hydrogens (tertiary/aromatic N) is 1. The van der Waals surface area contributed by atoms with E-state index in [4.69, 9.17) is 11.6 Å². The van der Waals surface area contributed by atoms with E-state index in [-0.39, 0.29) is 5.37 Å². The molecule has 1 aliphatic carbocycles. The molecule has 0 bridgehead atoms. The highest BCUT2D eigenvalue weighted by molar-refractivity contribution is 6.62. The second-order valence-electron chi connectivity index (χ2n) is 4.38. The van der Waals surface area contributed by atoms with Gasteiger partial charge in [-0.15, -0.1) is 0 Å². The summed E-state index contributed by atoms with van der Waals surface area (Å²) in [5, 5.41) is -0.388. The van der Waals surface area contributed by atoms with Crippen LogP contribution in [0.3, 0.4) is 0 Å². The van der Waals surface area contributed by atoms with Crippen molar-refractivity contribution in [1.29, 1.82) is 0 Å². The number of carbonyl (C=O) groups excluding carboxylic acids is 1.